The molecule has 2 aromatic carbocycles. The maximum Gasteiger partial charge on any atom is 0.252 e. The fraction of sp³-hybridized carbons (Fsp3) is 0.381. The van der Waals surface area contributed by atoms with Crippen LogP contribution in [0.1, 0.15) is 15.9 Å². The van der Waals surface area contributed by atoms with Crippen molar-refractivity contribution in [3.8, 4) is 0 Å². The van der Waals surface area contributed by atoms with E-state index in [1.165, 1.54) is 23.8 Å². The quantitative estimate of drug-likeness (QED) is 0.722. The van der Waals surface area contributed by atoms with E-state index in [0.29, 0.717) is 6.54 Å². The predicted octanol–water partition coefficient (Wildman–Crippen LogP) is 2.29. The largest absolute Gasteiger partial charge is 0.351 e. The molecule has 0 saturated carbocycles. The number of rotatable bonds is 7. The Morgan fingerprint density at radius 2 is 1.69 bits per heavy atom. The second kappa shape index (κ2) is 9.71. The number of benzene rings is 2. The van der Waals surface area contributed by atoms with Gasteiger partial charge in [-0.2, -0.15) is 0 Å². The van der Waals surface area contributed by atoms with Gasteiger partial charge in [-0.15, -0.1) is 0 Å². The average molecular weight is 436 g/mol. The van der Waals surface area contributed by atoms with Crippen LogP contribution in [0.25, 0.3) is 0 Å². The third-order valence-corrected chi connectivity index (χ3v) is 6.48. The number of halogens is 1. The van der Waals surface area contributed by atoms with Crippen molar-refractivity contribution in [2.45, 2.75) is 11.4 Å². The number of sulfone groups is 1. The van der Waals surface area contributed by atoms with E-state index in [1.807, 2.05) is 6.07 Å². The topological polar surface area (TPSA) is 69.7 Å². The van der Waals surface area contributed by atoms with Crippen LogP contribution in [-0.4, -0.2) is 69.6 Å². The zero-order valence-corrected chi connectivity index (χ0v) is 18.0. The van der Waals surface area contributed by atoms with E-state index < -0.39 is 9.84 Å². The normalized spacial score (nSPS) is 15.9. The van der Waals surface area contributed by atoms with Crippen LogP contribution < -0.4 is 5.32 Å². The maximum absolute atomic E-state index is 12.4. The molecule has 8 heteroatoms. The van der Waals surface area contributed by atoms with E-state index in [1.54, 1.807) is 0 Å². The smallest absolute Gasteiger partial charge is 0.252 e. The molecule has 3 rings (SSSR count). The Bertz CT molecular complexity index is 943. The van der Waals surface area contributed by atoms with Crippen LogP contribution in [0.15, 0.2) is 53.4 Å². The molecule has 1 aliphatic heterocycles. The second-order valence-electron chi connectivity index (χ2n) is 7.27. The highest BCUT2D eigenvalue weighted by Crippen LogP contribution is 2.20. The van der Waals surface area contributed by atoms with E-state index in [-0.39, 0.29) is 21.4 Å². The van der Waals surface area contributed by atoms with Crippen molar-refractivity contribution in [3.63, 3.8) is 0 Å². The number of hydrogen-bond donors (Lipinski definition) is 1. The minimum Gasteiger partial charge on any atom is -0.351 e. The summed E-state index contributed by atoms with van der Waals surface area (Å²) >= 11 is 6.08. The molecule has 0 spiro atoms. The molecular weight excluding hydrogens is 410 g/mol. The fourth-order valence-corrected chi connectivity index (χ4v) is 4.19. The molecule has 1 fully saturated rings. The molecular formula is C21H26ClN3O3S. The number of hydrogen-bond acceptors (Lipinski definition) is 5. The van der Waals surface area contributed by atoms with Crippen molar-refractivity contribution < 1.29 is 13.2 Å². The molecule has 1 heterocycles. The number of nitrogens with one attached hydrogen (secondary N) is 1. The summed E-state index contributed by atoms with van der Waals surface area (Å²) in [6, 6.07) is 14.6. The van der Waals surface area contributed by atoms with E-state index in [4.69, 9.17) is 11.6 Å². The van der Waals surface area contributed by atoms with Crippen molar-refractivity contribution in [2.75, 3.05) is 45.5 Å². The van der Waals surface area contributed by atoms with Gasteiger partial charge in [0.1, 0.15) is 0 Å². The average Bonchev–Trinajstić information content (AvgIpc) is 2.69. The Kier molecular flexibility index (Phi) is 7.29. The Morgan fingerprint density at radius 1 is 1.03 bits per heavy atom. The van der Waals surface area contributed by atoms with Crippen LogP contribution in [0, 0.1) is 0 Å². The summed E-state index contributed by atoms with van der Waals surface area (Å²) in [6.45, 7) is 6.07. The molecule has 1 saturated heterocycles. The molecule has 0 aromatic heterocycles. The third kappa shape index (κ3) is 6.27. The van der Waals surface area contributed by atoms with Gasteiger partial charge in [0.2, 0.25) is 0 Å². The Balaban J connectivity index is 1.44. The molecule has 1 aliphatic rings. The molecule has 29 heavy (non-hydrogen) atoms. The van der Waals surface area contributed by atoms with E-state index in [2.05, 4.69) is 39.4 Å². The molecule has 6 nitrogen and oxygen atoms in total. The van der Waals surface area contributed by atoms with Crippen molar-refractivity contribution in [1.29, 1.82) is 0 Å². The predicted molar refractivity (Wildman–Crippen MR) is 115 cm³/mol. The van der Waals surface area contributed by atoms with Gasteiger partial charge in [-0.1, -0.05) is 41.9 Å². The molecule has 1 N–H and O–H groups in total. The van der Waals surface area contributed by atoms with Gasteiger partial charge in [0, 0.05) is 52.1 Å². The lowest BCUT2D eigenvalue weighted by Gasteiger charge is -2.34. The summed E-state index contributed by atoms with van der Waals surface area (Å²) in [5, 5.41) is 3.08. The molecule has 2 aromatic rings. The highest BCUT2D eigenvalue weighted by atomic mass is 35.5. The lowest BCUT2D eigenvalue weighted by atomic mass is 10.2. The highest BCUT2D eigenvalue weighted by Gasteiger charge is 2.18. The Morgan fingerprint density at radius 3 is 2.34 bits per heavy atom. The number of carbonyl (C=O) groups is 1. The first kappa shape index (κ1) is 21.8. The van der Waals surface area contributed by atoms with Crippen molar-refractivity contribution in [2.24, 2.45) is 0 Å². The summed E-state index contributed by atoms with van der Waals surface area (Å²) < 4.78 is 23.4. The maximum atomic E-state index is 12.4. The third-order valence-electron chi connectivity index (χ3n) is 5.04. The van der Waals surface area contributed by atoms with Gasteiger partial charge in [0.25, 0.3) is 5.91 Å². The Hall–Kier alpha value is -1.93. The van der Waals surface area contributed by atoms with Crippen LogP contribution in [0.3, 0.4) is 0 Å². The number of piperazine rings is 1. The zero-order chi connectivity index (χ0) is 20.9. The minimum atomic E-state index is -3.39. The lowest BCUT2D eigenvalue weighted by molar-refractivity contribution is 0.0934. The van der Waals surface area contributed by atoms with Gasteiger partial charge in [0.05, 0.1) is 15.5 Å². The van der Waals surface area contributed by atoms with Gasteiger partial charge < -0.3 is 5.32 Å². The summed E-state index contributed by atoms with van der Waals surface area (Å²) in [5.41, 5.74) is 1.50. The summed E-state index contributed by atoms with van der Waals surface area (Å²) in [7, 11) is -3.39. The van der Waals surface area contributed by atoms with Crippen molar-refractivity contribution in [3.05, 3.63) is 64.7 Å². The number of nitrogens with zero attached hydrogens (tertiary/aromatic N) is 2. The Labute approximate surface area is 177 Å². The number of amides is 1. The van der Waals surface area contributed by atoms with Crippen LogP contribution in [0.5, 0.6) is 0 Å². The standard InChI is InChI=1S/C21H26ClN3O3S/c1-29(27,28)18-7-8-20(22)19(15-18)21(26)23-9-10-24-11-13-25(14-12-24)16-17-5-3-2-4-6-17/h2-8,15H,9-14,16H2,1H3,(H,23,26). The van der Waals surface area contributed by atoms with E-state index in [0.717, 1.165) is 45.5 Å². The molecule has 156 valence electrons. The molecule has 0 radical (unpaired) electrons. The van der Waals surface area contributed by atoms with Gasteiger partial charge >= 0.3 is 0 Å². The molecule has 0 atom stereocenters. The summed E-state index contributed by atoms with van der Waals surface area (Å²) in [5.74, 6) is -0.358. The van der Waals surface area contributed by atoms with Crippen LogP contribution >= 0.6 is 11.6 Å². The van der Waals surface area contributed by atoms with Crippen molar-refractivity contribution >= 4 is 27.3 Å². The van der Waals surface area contributed by atoms with Crippen molar-refractivity contribution in [1.82, 2.24) is 15.1 Å². The SMILES string of the molecule is CS(=O)(=O)c1ccc(Cl)c(C(=O)NCCN2CCN(Cc3ccccc3)CC2)c1. The first-order chi connectivity index (χ1) is 13.8. The zero-order valence-electron chi connectivity index (χ0n) is 16.5. The van der Waals surface area contributed by atoms with Gasteiger partial charge in [-0.25, -0.2) is 8.42 Å². The molecule has 1 amide bonds. The first-order valence-electron chi connectivity index (χ1n) is 9.59. The van der Waals surface area contributed by atoms with E-state index >= 15 is 0 Å². The molecule has 0 unspecified atom stereocenters. The highest BCUT2D eigenvalue weighted by molar-refractivity contribution is 7.90. The number of carbonyl (C=O) groups excluding carboxylic acids is 1. The minimum absolute atomic E-state index is 0.0848. The summed E-state index contributed by atoms with van der Waals surface area (Å²) in [6.07, 6.45) is 1.11. The first-order valence-corrected chi connectivity index (χ1v) is 11.9. The van der Waals surface area contributed by atoms with Gasteiger partial charge in [0.15, 0.2) is 9.84 Å². The summed E-state index contributed by atoms with van der Waals surface area (Å²) in [4.78, 5) is 17.3. The fourth-order valence-electron chi connectivity index (χ4n) is 3.34. The molecule has 0 aliphatic carbocycles. The monoisotopic (exact) mass is 435 g/mol. The van der Waals surface area contributed by atoms with E-state index in [9.17, 15) is 13.2 Å². The molecule has 0 bridgehead atoms. The van der Waals surface area contributed by atoms with Gasteiger partial charge in [-0.05, 0) is 23.8 Å². The van der Waals surface area contributed by atoms with Gasteiger partial charge in [-0.3, -0.25) is 14.6 Å². The second-order valence-corrected chi connectivity index (χ2v) is 9.70. The van der Waals surface area contributed by atoms with Crippen LogP contribution in [0.2, 0.25) is 5.02 Å². The lowest BCUT2D eigenvalue weighted by Crippen LogP contribution is -2.48. The van der Waals surface area contributed by atoms with Crippen LogP contribution in [0.4, 0.5) is 0 Å². The van der Waals surface area contributed by atoms with Crippen LogP contribution in [-0.2, 0) is 16.4 Å².